The first kappa shape index (κ1) is 18.7. The number of ether oxygens (including phenoxy) is 1. The molecule has 1 aromatic heterocycles. The van der Waals surface area contributed by atoms with Crippen molar-refractivity contribution >= 4 is 28.5 Å². The summed E-state index contributed by atoms with van der Waals surface area (Å²) in [6.07, 6.45) is 0. The number of hydrogen-bond acceptors (Lipinski definition) is 5. The number of amides is 3. The highest BCUT2D eigenvalue weighted by Crippen LogP contribution is 2.31. The fourth-order valence-electron chi connectivity index (χ4n) is 2.04. The second kappa shape index (κ2) is 7.98. The highest BCUT2D eigenvalue weighted by Gasteiger charge is 2.22. The number of urea groups is 1. The molecule has 2 aromatic rings. The minimum Gasteiger partial charge on any atom is -0.472 e. The largest absolute Gasteiger partial charge is 0.472 e. The molecule has 0 saturated carbocycles. The molecule has 0 fully saturated rings. The van der Waals surface area contributed by atoms with Crippen molar-refractivity contribution in [2.45, 2.75) is 26.4 Å². The van der Waals surface area contributed by atoms with Crippen LogP contribution < -0.4 is 15.8 Å². The van der Waals surface area contributed by atoms with Crippen molar-refractivity contribution in [3.05, 3.63) is 41.0 Å². The number of nitrogens with zero attached hydrogens (tertiary/aromatic N) is 2. The molecule has 0 bridgehead atoms. The molecule has 0 aliphatic heterocycles. The fourth-order valence-corrected chi connectivity index (χ4v) is 2.77. The first-order valence-electron chi connectivity index (χ1n) is 7.79. The van der Waals surface area contributed by atoms with E-state index in [-0.39, 0.29) is 29.1 Å². The summed E-state index contributed by atoms with van der Waals surface area (Å²) < 4.78 is 9.74. The third kappa shape index (κ3) is 4.69. The number of carbonyl (C=O) groups is 2. The Labute approximate surface area is 150 Å². The summed E-state index contributed by atoms with van der Waals surface area (Å²) in [6, 6.07) is 7.66. The first-order chi connectivity index (χ1) is 11.8. The zero-order chi connectivity index (χ0) is 18.6. The van der Waals surface area contributed by atoms with Gasteiger partial charge in [-0.2, -0.15) is 4.37 Å². The van der Waals surface area contributed by atoms with E-state index >= 15 is 0 Å². The van der Waals surface area contributed by atoms with Gasteiger partial charge in [0.25, 0.3) is 5.91 Å². The minimum absolute atomic E-state index is 0.0824. The third-order valence-electron chi connectivity index (χ3n) is 3.56. The van der Waals surface area contributed by atoms with Gasteiger partial charge in [-0.05, 0) is 28.6 Å². The number of nitrogens with two attached hydrogens (primary N) is 1. The normalized spacial score (nSPS) is 10.6. The third-order valence-corrected chi connectivity index (χ3v) is 4.30. The van der Waals surface area contributed by atoms with E-state index in [4.69, 9.17) is 10.5 Å². The van der Waals surface area contributed by atoms with Crippen LogP contribution in [0.4, 0.5) is 9.80 Å². The van der Waals surface area contributed by atoms with Gasteiger partial charge in [0.2, 0.25) is 5.88 Å². The summed E-state index contributed by atoms with van der Waals surface area (Å²) in [7, 11) is 3.19. The van der Waals surface area contributed by atoms with Gasteiger partial charge in [0.1, 0.15) is 17.2 Å². The second-order valence-corrected chi connectivity index (χ2v) is 6.84. The van der Waals surface area contributed by atoms with E-state index in [1.807, 2.05) is 24.3 Å². The fraction of sp³-hybridized carbons (Fsp3) is 0.353. The van der Waals surface area contributed by atoms with Gasteiger partial charge in [-0.3, -0.25) is 10.1 Å². The number of rotatable bonds is 6. The van der Waals surface area contributed by atoms with Crippen molar-refractivity contribution in [3.63, 3.8) is 0 Å². The van der Waals surface area contributed by atoms with Crippen LogP contribution >= 0.6 is 11.5 Å². The highest BCUT2D eigenvalue weighted by atomic mass is 32.1. The summed E-state index contributed by atoms with van der Waals surface area (Å²) in [6.45, 7) is 4.51. The Hall–Kier alpha value is -2.61. The van der Waals surface area contributed by atoms with E-state index in [2.05, 4.69) is 23.5 Å². The van der Waals surface area contributed by atoms with Crippen molar-refractivity contribution in [1.29, 1.82) is 0 Å². The summed E-state index contributed by atoms with van der Waals surface area (Å²) in [4.78, 5) is 24.8. The molecule has 1 aromatic carbocycles. The molecule has 0 aliphatic carbocycles. The first-order valence-corrected chi connectivity index (χ1v) is 8.56. The maximum atomic E-state index is 11.8. The van der Waals surface area contributed by atoms with Crippen LogP contribution in [0.5, 0.6) is 5.88 Å². The Balaban J connectivity index is 2.12. The summed E-state index contributed by atoms with van der Waals surface area (Å²) in [5.74, 6) is -0.120. The quantitative estimate of drug-likeness (QED) is 0.825. The van der Waals surface area contributed by atoms with Crippen molar-refractivity contribution in [1.82, 2.24) is 9.27 Å². The monoisotopic (exact) mass is 362 g/mol. The number of hydrogen-bond donors (Lipinski definition) is 2. The molecule has 0 radical (unpaired) electrons. The molecular formula is C17H22N4O3S. The maximum Gasteiger partial charge on any atom is 0.321 e. The van der Waals surface area contributed by atoms with E-state index < -0.39 is 5.91 Å². The molecule has 7 nitrogen and oxygen atoms in total. The summed E-state index contributed by atoms with van der Waals surface area (Å²) in [5.41, 5.74) is 7.69. The van der Waals surface area contributed by atoms with E-state index in [0.29, 0.717) is 5.92 Å². The average molecular weight is 362 g/mol. The SMILES string of the molecule is CC(C)c1ccc(COc2nsc(NC(=O)N(C)C)c2C(N)=O)cc1. The zero-order valence-electron chi connectivity index (χ0n) is 14.7. The summed E-state index contributed by atoms with van der Waals surface area (Å²) >= 11 is 0.957. The molecule has 0 unspecified atom stereocenters. The van der Waals surface area contributed by atoms with Gasteiger partial charge in [0.05, 0.1) is 0 Å². The Bertz CT molecular complexity index is 754. The topological polar surface area (TPSA) is 97.6 Å². The molecule has 2 rings (SSSR count). The molecule has 3 N–H and O–H groups in total. The van der Waals surface area contributed by atoms with Crippen LogP contribution in [-0.4, -0.2) is 35.3 Å². The van der Waals surface area contributed by atoms with Crippen LogP contribution in [-0.2, 0) is 6.61 Å². The zero-order valence-corrected chi connectivity index (χ0v) is 15.5. The summed E-state index contributed by atoms with van der Waals surface area (Å²) in [5, 5.41) is 2.87. The number of benzene rings is 1. The number of carbonyl (C=O) groups excluding carboxylic acids is 2. The van der Waals surface area contributed by atoms with Crippen molar-refractivity contribution in [3.8, 4) is 5.88 Å². The van der Waals surface area contributed by atoms with Gasteiger partial charge in [-0.25, -0.2) is 4.79 Å². The Morgan fingerprint density at radius 1 is 1.28 bits per heavy atom. The van der Waals surface area contributed by atoms with E-state index in [0.717, 1.165) is 17.1 Å². The van der Waals surface area contributed by atoms with Crippen LogP contribution in [0.2, 0.25) is 0 Å². The van der Waals surface area contributed by atoms with Crippen LogP contribution in [0, 0.1) is 0 Å². The molecule has 0 spiro atoms. The Morgan fingerprint density at radius 2 is 1.92 bits per heavy atom. The minimum atomic E-state index is -0.701. The number of nitrogens with one attached hydrogen (secondary N) is 1. The van der Waals surface area contributed by atoms with Crippen molar-refractivity contribution < 1.29 is 14.3 Å². The van der Waals surface area contributed by atoms with Crippen LogP contribution in [0.1, 0.15) is 41.3 Å². The van der Waals surface area contributed by atoms with Crippen molar-refractivity contribution in [2.24, 2.45) is 5.73 Å². The van der Waals surface area contributed by atoms with Crippen molar-refractivity contribution in [2.75, 3.05) is 19.4 Å². The maximum absolute atomic E-state index is 11.8. The van der Waals surface area contributed by atoms with E-state index in [1.165, 1.54) is 10.5 Å². The van der Waals surface area contributed by atoms with Crippen LogP contribution in [0.25, 0.3) is 0 Å². The number of anilines is 1. The Morgan fingerprint density at radius 3 is 2.44 bits per heavy atom. The Kier molecular flexibility index (Phi) is 5.97. The van der Waals surface area contributed by atoms with Gasteiger partial charge < -0.3 is 15.4 Å². The van der Waals surface area contributed by atoms with Gasteiger partial charge in [0, 0.05) is 14.1 Å². The van der Waals surface area contributed by atoms with E-state index in [9.17, 15) is 9.59 Å². The lowest BCUT2D eigenvalue weighted by Crippen LogP contribution is -2.28. The molecule has 1 heterocycles. The predicted octanol–water partition coefficient (Wildman–Crippen LogP) is 3.04. The molecule has 0 aliphatic rings. The van der Waals surface area contributed by atoms with Gasteiger partial charge in [-0.15, -0.1) is 0 Å². The molecule has 3 amide bonds. The predicted molar refractivity (Wildman–Crippen MR) is 98.2 cm³/mol. The molecular weight excluding hydrogens is 340 g/mol. The molecule has 0 atom stereocenters. The molecule has 8 heteroatoms. The lowest BCUT2D eigenvalue weighted by molar-refractivity contribution is 0.0996. The van der Waals surface area contributed by atoms with E-state index in [1.54, 1.807) is 14.1 Å². The average Bonchev–Trinajstić information content (AvgIpc) is 2.96. The number of aromatic nitrogens is 1. The molecule has 134 valence electrons. The number of primary amides is 1. The standard InChI is InChI=1S/C17H22N4O3S/c1-10(2)12-7-5-11(6-8-12)9-24-15-13(14(18)22)16(25-20-15)19-17(23)21(3)4/h5-8,10H,9H2,1-4H3,(H2,18,22)(H,19,23). The second-order valence-electron chi connectivity index (χ2n) is 6.07. The highest BCUT2D eigenvalue weighted by molar-refractivity contribution is 7.11. The molecule has 0 saturated heterocycles. The van der Waals surface area contributed by atoms with Crippen LogP contribution in [0.15, 0.2) is 24.3 Å². The lowest BCUT2D eigenvalue weighted by Gasteiger charge is -2.11. The smallest absolute Gasteiger partial charge is 0.321 e. The van der Waals surface area contributed by atoms with Gasteiger partial charge >= 0.3 is 6.03 Å². The van der Waals surface area contributed by atoms with Gasteiger partial charge in [-0.1, -0.05) is 38.1 Å². The molecule has 25 heavy (non-hydrogen) atoms. The lowest BCUT2D eigenvalue weighted by atomic mass is 10.0. The van der Waals surface area contributed by atoms with Gasteiger partial charge in [0.15, 0.2) is 0 Å². The van der Waals surface area contributed by atoms with Crippen LogP contribution in [0.3, 0.4) is 0 Å².